The number of nitrogens with zero attached hydrogens (tertiary/aromatic N) is 2. The fraction of sp³-hybridized carbons (Fsp3) is 0.286. The average molecular weight is 170 g/mol. The molecule has 3 nitrogen and oxygen atoms in total. The van der Waals surface area contributed by atoms with Gasteiger partial charge in [0.2, 0.25) is 0 Å². The van der Waals surface area contributed by atoms with E-state index in [4.69, 9.17) is 0 Å². The molecule has 4 heteroatoms. The number of aliphatic imine (C=N–C) groups is 2. The Morgan fingerprint density at radius 3 is 2.64 bits per heavy atom. The minimum absolute atomic E-state index is 0.561. The van der Waals surface area contributed by atoms with Crippen molar-refractivity contribution in [2.45, 2.75) is 6.92 Å². The summed E-state index contributed by atoms with van der Waals surface area (Å²) in [5.74, 6) is 0. The molecule has 60 valence electrons. The molecule has 0 fully saturated rings. The van der Waals surface area contributed by atoms with Crippen LogP contribution in [0.15, 0.2) is 21.8 Å². The second-order valence-corrected chi connectivity index (χ2v) is 2.54. The molecule has 0 radical (unpaired) electrons. The zero-order valence-electron chi connectivity index (χ0n) is 6.57. The zero-order chi connectivity index (χ0) is 8.69. The Bertz CT molecular complexity index is 208. The molecule has 0 saturated heterocycles. The Hall–Kier alpha value is -0.900. The van der Waals surface area contributed by atoms with Gasteiger partial charge in [0, 0.05) is 11.8 Å². The van der Waals surface area contributed by atoms with Crippen LogP contribution in [0.2, 0.25) is 0 Å². The topological polar surface area (TPSA) is 41.8 Å². The van der Waals surface area contributed by atoms with E-state index in [0.29, 0.717) is 10.7 Å². The van der Waals surface area contributed by atoms with Gasteiger partial charge in [-0.15, -0.1) is 0 Å². The molecular weight excluding hydrogens is 160 g/mol. The molecule has 0 aromatic heterocycles. The predicted molar refractivity (Wildman–Crippen MR) is 50.3 cm³/mol. The van der Waals surface area contributed by atoms with E-state index in [9.17, 15) is 4.79 Å². The van der Waals surface area contributed by atoms with Gasteiger partial charge in [-0.3, -0.25) is 4.79 Å². The number of aldehydes is 1. The molecule has 0 unspecified atom stereocenters. The highest BCUT2D eigenvalue weighted by Crippen LogP contribution is 2.00. The first-order valence-corrected chi connectivity index (χ1v) is 4.17. The minimum atomic E-state index is 0.561. The van der Waals surface area contributed by atoms with Crippen molar-refractivity contribution in [2.75, 3.05) is 6.26 Å². The highest BCUT2D eigenvalue weighted by Gasteiger charge is 1.87. The molecule has 0 bridgehead atoms. The summed E-state index contributed by atoms with van der Waals surface area (Å²) >= 11 is 1.38. The lowest BCUT2D eigenvalue weighted by molar-refractivity contribution is -0.104. The van der Waals surface area contributed by atoms with Gasteiger partial charge in [-0.05, 0) is 19.9 Å². The van der Waals surface area contributed by atoms with Crippen LogP contribution in [0.1, 0.15) is 6.92 Å². The molecular formula is C7H10N2OS. The molecule has 0 amide bonds. The molecule has 0 saturated carbocycles. The lowest BCUT2D eigenvalue weighted by Gasteiger charge is -1.89. The van der Waals surface area contributed by atoms with Crippen LogP contribution < -0.4 is 0 Å². The van der Waals surface area contributed by atoms with Crippen molar-refractivity contribution in [3.8, 4) is 0 Å². The van der Waals surface area contributed by atoms with Gasteiger partial charge in [-0.25, -0.2) is 9.98 Å². The Morgan fingerprint density at radius 1 is 1.64 bits per heavy atom. The van der Waals surface area contributed by atoms with Crippen LogP contribution in [0.25, 0.3) is 0 Å². The summed E-state index contributed by atoms with van der Waals surface area (Å²) in [6.45, 7) is 4.99. The number of hydrogen-bond acceptors (Lipinski definition) is 3. The number of rotatable bonds is 2. The molecule has 0 N–H and O–H groups in total. The number of amidine groups is 1. The quantitative estimate of drug-likeness (QED) is 0.273. The van der Waals surface area contributed by atoms with Crippen molar-refractivity contribution in [3.63, 3.8) is 0 Å². The van der Waals surface area contributed by atoms with Crippen molar-refractivity contribution in [1.82, 2.24) is 0 Å². The molecule has 11 heavy (non-hydrogen) atoms. The lowest BCUT2D eigenvalue weighted by Crippen LogP contribution is -1.82. The second-order valence-electron chi connectivity index (χ2n) is 1.76. The summed E-state index contributed by atoms with van der Waals surface area (Å²) in [7, 11) is 0. The van der Waals surface area contributed by atoms with Gasteiger partial charge in [0.25, 0.3) is 0 Å². The summed E-state index contributed by atoms with van der Waals surface area (Å²) in [5, 5.41) is 0.561. The van der Waals surface area contributed by atoms with Gasteiger partial charge < -0.3 is 0 Å². The van der Waals surface area contributed by atoms with E-state index >= 15 is 0 Å². The molecule has 0 aliphatic rings. The summed E-state index contributed by atoms with van der Waals surface area (Å²) in [6, 6.07) is 0. The summed E-state index contributed by atoms with van der Waals surface area (Å²) in [6.07, 6.45) is 4.05. The molecule has 0 spiro atoms. The van der Waals surface area contributed by atoms with Gasteiger partial charge in [-0.2, -0.15) is 0 Å². The molecule has 0 heterocycles. The maximum absolute atomic E-state index is 10.1. The zero-order valence-corrected chi connectivity index (χ0v) is 7.39. The van der Waals surface area contributed by atoms with Crippen LogP contribution in [0.4, 0.5) is 0 Å². The Morgan fingerprint density at radius 2 is 2.27 bits per heavy atom. The fourth-order valence-corrected chi connectivity index (χ4v) is 0.633. The molecule has 0 aromatic rings. The maximum atomic E-state index is 10.1. The van der Waals surface area contributed by atoms with Gasteiger partial charge in [-0.1, -0.05) is 11.8 Å². The smallest absolute Gasteiger partial charge is 0.186 e. The fourth-order valence-electron chi connectivity index (χ4n) is 0.346. The number of carbonyl (C=O) groups excluding carboxylic acids is 1. The van der Waals surface area contributed by atoms with Gasteiger partial charge in [0.15, 0.2) is 5.17 Å². The monoisotopic (exact) mass is 170 g/mol. The van der Waals surface area contributed by atoms with E-state index in [1.807, 2.05) is 6.26 Å². The summed E-state index contributed by atoms with van der Waals surface area (Å²) in [5.41, 5.74) is 0.570. The van der Waals surface area contributed by atoms with E-state index in [0.717, 1.165) is 6.29 Å². The first kappa shape index (κ1) is 10.1. The van der Waals surface area contributed by atoms with E-state index in [2.05, 4.69) is 16.7 Å². The highest BCUT2D eigenvalue weighted by molar-refractivity contribution is 8.13. The minimum Gasteiger partial charge on any atom is -0.298 e. The predicted octanol–water partition coefficient (Wildman–Crippen LogP) is 1.51. The van der Waals surface area contributed by atoms with Crippen molar-refractivity contribution in [3.05, 3.63) is 11.8 Å². The van der Waals surface area contributed by atoms with Gasteiger partial charge in [0.1, 0.15) is 6.29 Å². The Balaban J connectivity index is 4.28. The van der Waals surface area contributed by atoms with Crippen LogP contribution >= 0.6 is 11.8 Å². The largest absolute Gasteiger partial charge is 0.298 e. The van der Waals surface area contributed by atoms with Crippen LogP contribution in [0, 0.1) is 0 Å². The first-order chi connectivity index (χ1) is 5.24. The third-order valence-corrected chi connectivity index (χ3v) is 1.48. The summed E-state index contributed by atoms with van der Waals surface area (Å²) < 4.78 is 0. The van der Waals surface area contributed by atoms with Crippen LogP contribution in [0.5, 0.6) is 0 Å². The molecule has 0 atom stereocenters. The van der Waals surface area contributed by atoms with E-state index < -0.39 is 0 Å². The van der Waals surface area contributed by atoms with Crippen molar-refractivity contribution >= 4 is 29.9 Å². The third-order valence-electron chi connectivity index (χ3n) is 0.882. The van der Waals surface area contributed by atoms with Crippen LogP contribution in [-0.4, -0.2) is 24.4 Å². The first-order valence-electron chi connectivity index (χ1n) is 2.95. The van der Waals surface area contributed by atoms with E-state index in [1.54, 1.807) is 6.92 Å². The van der Waals surface area contributed by atoms with Crippen LogP contribution in [-0.2, 0) is 4.79 Å². The van der Waals surface area contributed by atoms with Gasteiger partial charge in [0.05, 0.1) is 0 Å². The molecule has 0 aliphatic carbocycles. The van der Waals surface area contributed by atoms with Crippen molar-refractivity contribution in [2.24, 2.45) is 9.98 Å². The Kier molecular flexibility index (Phi) is 5.37. The number of thioether (sulfide) groups is 1. The normalized spacial score (nSPS) is 12.9. The number of carbonyl (C=O) groups is 1. The third kappa shape index (κ3) is 4.50. The Labute approximate surface area is 70.3 Å². The second kappa shape index (κ2) is 5.85. The molecule has 0 rings (SSSR count). The van der Waals surface area contributed by atoms with Crippen molar-refractivity contribution < 1.29 is 4.79 Å². The maximum Gasteiger partial charge on any atom is 0.186 e. The molecule has 0 aromatic carbocycles. The average Bonchev–Trinajstić information content (AvgIpc) is 2.06. The van der Waals surface area contributed by atoms with E-state index in [1.165, 1.54) is 18.0 Å². The highest BCUT2D eigenvalue weighted by atomic mass is 32.2. The van der Waals surface area contributed by atoms with E-state index in [-0.39, 0.29) is 0 Å². The molecule has 0 aliphatic heterocycles. The number of allylic oxidation sites excluding steroid dienone is 1. The van der Waals surface area contributed by atoms with Crippen LogP contribution in [0.3, 0.4) is 0 Å². The standard InChI is InChI=1S/C7H10N2OS/c1-6(5-10)4-9-7(8-2)11-3/h4-5H,2H2,1,3H3/b6-4+,9-7+. The van der Waals surface area contributed by atoms with Gasteiger partial charge >= 0.3 is 0 Å². The lowest BCUT2D eigenvalue weighted by atomic mass is 10.4. The number of hydrogen-bond donors (Lipinski definition) is 0. The SMILES string of the molecule is C=N/C(=N\C=C(/C)C=O)SC. The summed E-state index contributed by atoms with van der Waals surface area (Å²) in [4.78, 5) is 17.6. The van der Waals surface area contributed by atoms with Crippen molar-refractivity contribution in [1.29, 1.82) is 0 Å².